The van der Waals surface area contributed by atoms with Gasteiger partial charge in [-0.25, -0.2) is 0 Å². The minimum Gasteiger partial charge on any atom is -0.0654 e. The maximum Gasteiger partial charge on any atom is 0.0146 e. The Kier molecular flexibility index (Phi) is 11.4. The van der Waals surface area contributed by atoms with Gasteiger partial charge in [-0.3, -0.25) is 0 Å². The van der Waals surface area contributed by atoms with E-state index in [0.29, 0.717) is 0 Å². The summed E-state index contributed by atoms with van der Waals surface area (Å²) in [6.07, 6.45) is 18.9. The van der Waals surface area contributed by atoms with Crippen LogP contribution >= 0.6 is 0 Å². The van der Waals surface area contributed by atoms with E-state index in [1.165, 1.54) is 95.9 Å². The van der Waals surface area contributed by atoms with Crippen LogP contribution in [0.3, 0.4) is 0 Å². The van der Waals surface area contributed by atoms with Crippen LogP contribution in [0.4, 0.5) is 0 Å². The van der Waals surface area contributed by atoms with Crippen molar-refractivity contribution in [2.75, 3.05) is 0 Å². The summed E-state index contributed by atoms with van der Waals surface area (Å²) in [5.74, 6) is 0. The molecule has 41 heavy (non-hydrogen) atoms. The van der Waals surface area contributed by atoms with Crippen LogP contribution in [0.25, 0.3) is 24.3 Å². The predicted octanol–water partition coefficient (Wildman–Crippen LogP) is 11.8. The first-order valence-electron chi connectivity index (χ1n) is 15.7. The first-order valence-corrected chi connectivity index (χ1v) is 15.7. The van der Waals surface area contributed by atoms with E-state index in [9.17, 15) is 0 Å². The van der Waals surface area contributed by atoms with E-state index in [4.69, 9.17) is 0 Å². The van der Waals surface area contributed by atoms with Crippen LogP contribution in [0.5, 0.6) is 0 Å². The van der Waals surface area contributed by atoms with Crippen molar-refractivity contribution in [1.29, 1.82) is 0 Å². The molecule has 0 heterocycles. The first-order chi connectivity index (χ1) is 20.0. The zero-order chi connectivity index (χ0) is 28.9. The quantitative estimate of drug-likeness (QED) is 0.110. The van der Waals surface area contributed by atoms with Crippen molar-refractivity contribution in [3.63, 3.8) is 0 Å². The molecule has 0 amide bonds. The van der Waals surface area contributed by atoms with Crippen molar-refractivity contribution in [3.8, 4) is 0 Å². The van der Waals surface area contributed by atoms with Gasteiger partial charge in [0.25, 0.3) is 0 Å². The summed E-state index contributed by atoms with van der Waals surface area (Å²) >= 11 is 0. The van der Waals surface area contributed by atoms with Gasteiger partial charge in [-0.2, -0.15) is 0 Å². The van der Waals surface area contributed by atoms with Gasteiger partial charge in [0, 0.05) is 5.41 Å². The van der Waals surface area contributed by atoms with E-state index in [-0.39, 0.29) is 5.41 Å². The van der Waals surface area contributed by atoms with Gasteiger partial charge in [0.15, 0.2) is 0 Å². The summed E-state index contributed by atoms with van der Waals surface area (Å²) in [5.41, 5.74) is 10.4. The lowest BCUT2D eigenvalue weighted by Crippen LogP contribution is -2.18. The number of rotatable bonds is 14. The van der Waals surface area contributed by atoms with Crippen LogP contribution in [-0.2, 0) is 18.3 Å². The third-order valence-electron chi connectivity index (χ3n) is 8.30. The maximum absolute atomic E-state index is 2.31. The van der Waals surface area contributed by atoms with Gasteiger partial charge in [-0.15, -0.1) is 0 Å². The Bertz CT molecular complexity index is 1250. The maximum atomic E-state index is 2.31. The van der Waals surface area contributed by atoms with E-state index in [0.717, 1.165) is 0 Å². The Balaban J connectivity index is 1.34. The molecule has 0 heteroatoms. The summed E-state index contributed by atoms with van der Waals surface area (Å²) in [6, 6.07) is 36.1. The molecule has 0 aromatic heterocycles. The molecule has 0 fully saturated rings. The third kappa shape index (κ3) is 9.19. The Morgan fingerprint density at radius 3 is 1.00 bits per heavy atom. The average molecular weight is 541 g/mol. The molecule has 0 atom stereocenters. The largest absolute Gasteiger partial charge is 0.0654 e. The molecule has 4 rings (SSSR count). The molecule has 0 N–H and O–H groups in total. The summed E-state index contributed by atoms with van der Waals surface area (Å²) < 4.78 is 0. The third-order valence-corrected chi connectivity index (χ3v) is 8.30. The number of aryl methyl sites for hydroxylation is 2. The summed E-state index contributed by atoms with van der Waals surface area (Å²) in [4.78, 5) is 0. The summed E-state index contributed by atoms with van der Waals surface area (Å²) in [6.45, 7) is 9.14. The van der Waals surface area contributed by atoms with Crippen molar-refractivity contribution in [2.45, 2.75) is 84.5 Å². The molecule has 0 unspecified atom stereocenters. The normalized spacial score (nSPS) is 12.0. The van der Waals surface area contributed by atoms with Gasteiger partial charge in [0.05, 0.1) is 0 Å². The molecular weight excluding hydrogens is 492 g/mol. The second-order valence-corrected chi connectivity index (χ2v) is 11.9. The fourth-order valence-electron chi connectivity index (χ4n) is 5.32. The highest BCUT2D eigenvalue weighted by Crippen LogP contribution is 2.32. The van der Waals surface area contributed by atoms with Crippen molar-refractivity contribution in [2.24, 2.45) is 0 Å². The molecule has 212 valence electrons. The van der Waals surface area contributed by atoms with Crippen molar-refractivity contribution >= 4 is 24.3 Å². The lowest BCUT2D eigenvalue weighted by atomic mass is 9.78. The molecule has 0 aliphatic rings. The molecule has 0 radical (unpaired) electrons. The van der Waals surface area contributed by atoms with Crippen LogP contribution in [0.2, 0.25) is 0 Å². The van der Waals surface area contributed by atoms with E-state index < -0.39 is 0 Å². The highest BCUT2D eigenvalue weighted by molar-refractivity contribution is 5.71. The van der Waals surface area contributed by atoms with Crippen molar-refractivity contribution in [3.05, 3.63) is 142 Å². The molecule has 0 spiro atoms. The molecule has 0 saturated heterocycles. The Morgan fingerprint density at radius 1 is 0.415 bits per heavy atom. The van der Waals surface area contributed by atoms with Gasteiger partial charge >= 0.3 is 0 Å². The van der Waals surface area contributed by atoms with Crippen LogP contribution in [0, 0.1) is 0 Å². The van der Waals surface area contributed by atoms with Gasteiger partial charge in [0.1, 0.15) is 0 Å². The zero-order valence-corrected chi connectivity index (χ0v) is 25.7. The minimum absolute atomic E-state index is 0.0638. The molecule has 0 saturated carbocycles. The fourth-order valence-corrected chi connectivity index (χ4v) is 5.32. The SMILES string of the molecule is CCCCCc1ccc(C=Cc2ccc(C(C)(C)c3ccc(C=Cc4ccc(CCCCC)cc4)cc3)cc2)cc1. The Labute approximate surface area is 249 Å². The average Bonchev–Trinajstić information content (AvgIpc) is 3.01. The molecule has 4 aromatic carbocycles. The minimum atomic E-state index is -0.0638. The van der Waals surface area contributed by atoms with Gasteiger partial charge in [-0.05, 0) is 70.2 Å². The second kappa shape index (κ2) is 15.4. The van der Waals surface area contributed by atoms with Gasteiger partial charge in [-0.1, -0.05) is 175 Å². The molecule has 0 aliphatic carbocycles. The van der Waals surface area contributed by atoms with Crippen LogP contribution < -0.4 is 0 Å². The van der Waals surface area contributed by atoms with E-state index in [1.807, 2.05) is 0 Å². The topological polar surface area (TPSA) is 0 Å². The first kappa shape index (κ1) is 30.3. The van der Waals surface area contributed by atoms with E-state index in [2.05, 4.69) is 149 Å². The van der Waals surface area contributed by atoms with Crippen LogP contribution in [-0.4, -0.2) is 0 Å². The lowest BCUT2D eigenvalue weighted by Gasteiger charge is -2.26. The Morgan fingerprint density at radius 2 is 0.707 bits per heavy atom. The second-order valence-electron chi connectivity index (χ2n) is 11.9. The summed E-state index contributed by atoms with van der Waals surface area (Å²) in [7, 11) is 0. The van der Waals surface area contributed by atoms with Crippen molar-refractivity contribution < 1.29 is 0 Å². The predicted molar refractivity (Wildman–Crippen MR) is 182 cm³/mol. The Hall–Kier alpha value is -3.64. The standard InChI is InChI=1S/C41H48/c1-5-7-9-11-33-13-17-35(18-14-33)21-23-37-25-29-39(30-26-37)41(3,4)40-31-27-38(28-32-40)24-22-36-19-15-34(16-20-36)12-10-8-6-2/h13-32H,5-12H2,1-4H3. The lowest BCUT2D eigenvalue weighted by molar-refractivity contribution is 0.641. The molecule has 0 nitrogen and oxygen atoms in total. The monoisotopic (exact) mass is 540 g/mol. The zero-order valence-electron chi connectivity index (χ0n) is 25.7. The molecule has 0 bridgehead atoms. The summed E-state index contributed by atoms with van der Waals surface area (Å²) in [5, 5.41) is 0. The molecule has 0 aliphatic heterocycles. The van der Waals surface area contributed by atoms with Crippen molar-refractivity contribution in [1.82, 2.24) is 0 Å². The molecular formula is C41H48. The number of hydrogen-bond donors (Lipinski definition) is 0. The number of hydrogen-bond acceptors (Lipinski definition) is 0. The molecule has 4 aromatic rings. The van der Waals surface area contributed by atoms with Crippen LogP contribution in [0.15, 0.2) is 97.1 Å². The fraction of sp³-hybridized carbons (Fsp3) is 0.317. The highest BCUT2D eigenvalue weighted by Gasteiger charge is 2.22. The smallest absolute Gasteiger partial charge is 0.0146 e. The van der Waals surface area contributed by atoms with Gasteiger partial charge < -0.3 is 0 Å². The number of unbranched alkanes of at least 4 members (excludes halogenated alkanes) is 4. The van der Waals surface area contributed by atoms with E-state index >= 15 is 0 Å². The number of benzene rings is 4. The highest BCUT2D eigenvalue weighted by atomic mass is 14.3. The van der Waals surface area contributed by atoms with Crippen LogP contribution in [0.1, 0.15) is 111 Å². The van der Waals surface area contributed by atoms with Gasteiger partial charge in [0.2, 0.25) is 0 Å². The van der Waals surface area contributed by atoms with E-state index in [1.54, 1.807) is 0 Å².